The van der Waals surface area contributed by atoms with E-state index in [9.17, 15) is 4.79 Å². The minimum absolute atomic E-state index is 0.168. The Labute approximate surface area is 71.0 Å². The van der Waals surface area contributed by atoms with Crippen LogP contribution in [-0.2, 0) is 4.74 Å². The van der Waals surface area contributed by atoms with Crippen LogP contribution in [0.25, 0.3) is 0 Å². The highest BCUT2D eigenvalue weighted by Crippen LogP contribution is 2.21. The molecule has 1 fully saturated rings. The molecule has 2 amide bonds. The van der Waals surface area contributed by atoms with Crippen LogP contribution in [0.4, 0.5) is 4.79 Å². The zero-order chi connectivity index (χ0) is 9.19. The summed E-state index contributed by atoms with van der Waals surface area (Å²) in [5, 5.41) is 3.79. The first-order valence-corrected chi connectivity index (χ1v) is 3.74. The number of ether oxygens (including phenoxy) is 1. The van der Waals surface area contributed by atoms with E-state index in [4.69, 9.17) is 10.5 Å². The van der Waals surface area contributed by atoms with Gasteiger partial charge in [-0.3, -0.25) is 0 Å². The van der Waals surface area contributed by atoms with Gasteiger partial charge in [0, 0.05) is 6.42 Å². The number of primary amides is 1. The van der Waals surface area contributed by atoms with Crippen molar-refractivity contribution < 1.29 is 9.53 Å². The van der Waals surface area contributed by atoms with Crippen LogP contribution in [0.1, 0.15) is 20.3 Å². The summed E-state index contributed by atoms with van der Waals surface area (Å²) in [5.74, 6) is 0. The van der Waals surface area contributed by atoms with E-state index in [1.165, 1.54) is 0 Å². The topological polar surface area (TPSA) is 76.7 Å². The molecule has 0 aromatic heterocycles. The zero-order valence-corrected chi connectivity index (χ0v) is 7.26. The molecule has 1 rings (SSSR count). The molecular weight excluding hydrogens is 158 g/mol. The number of amides is 2. The predicted molar refractivity (Wildman–Crippen MR) is 44.8 cm³/mol. The van der Waals surface area contributed by atoms with Crippen molar-refractivity contribution >= 4 is 11.7 Å². The van der Waals surface area contributed by atoms with E-state index < -0.39 is 6.03 Å². The Bertz CT molecular complexity index is 223. The van der Waals surface area contributed by atoms with Gasteiger partial charge in [-0.05, 0) is 13.8 Å². The molecule has 0 bridgehead atoms. The largest absolute Gasteiger partial charge is 0.369 e. The first kappa shape index (κ1) is 8.99. The Morgan fingerprint density at radius 3 is 2.83 bits per heavy atom. The second-order valence-corrected chi connectivity index (χ2v) is 3.38. The summed E-state index contributed by atoms with van der Waals surface area (Å²) in [4.78, 5) is 10.3. The van der Waals surface area contributed by atoms with Crippen molar-refractivity contribution in [3.05, 3.63) is 0 Å². The summed E-state index contributed by atoms with van der Waals surface area (Å²) in [5.41, 5.74) is 7.66. The third kappa shape index (κ3) is 2.50. The Morgan fingerprint density at radius 1 is 1.75 bits per heavy atom. The average Bonchev–Trinajstić information content (AvgIpc) is 2.26. The lowest BCUT2D eigenvalue weighted by Gasteiger charge is -2.13. The molecule has 5 nitrogen and oxygen atoms in total. The molecule has 68 valence electrons. The van der Waals surface area contributed by atoms with E-state index in [2.05, 4.69) is 10.5 Å². The molecule has 12 heavy (non-hydrogen) atoms. The van der Waals surface area contributed by atoms with Gasteiger partial charge in [-0.1, -0.05) is 0 Å². The maximum atomic E-state index is 10.3. The first-order valence-electron chi connectivity index (χ1n) is 3.74. The van der Waals surface area contributed by atoms with E-state index in [-0.39, 0.29) is 5.60 Å². The summed E-state index contributed by atoms with van der Waals surface area (Å²) in [6.07, 6.45) is 0.729. The Balaban J connectivity index is 2.46. The minimum atomic E-state index is -0.646. The number of carbonyl (C=O) groups excluding carboxylic acids is 1. The Hall–Kier alpha value is -1.10. The summed E-state index contributed by atoms with van der Waals surface area (Å²) in [7, 11) is 0. The van der Waals surface area contributed by atoms with Gasteiger partial charge in [0.2, 0.25) is 0 Å². The number of carbonyl (C=O) groups is 1. The molecule has 0 aromatic carbocycles. The highest BCUT2D eigenvalue weighted by atomic mass is 16.5. The molecule has 1 saturated heterocycles. The van der Waals surface area contributed by atoms with E-state index >= 15 is 0 Å². The highest BCUT2D eigenvalue weighted by molar-refractivity contribution is 5.89. The molecule has 0 radical (unpaired) electrons. The van der Waals surface area contributed by atoms with Gasteiger partial charge < -0.3 is 10.5 Å². The van der Waals surface area contributed by atoms with Crippen molar-refractivity contribution in [3.8, 4) is 0 Å². The molecule has 0 aromatic rings. The van der Waals surface area contributed by atoms with Gasteiger partial charge in [0.1, 0.15) is 0 Å². The van der Waals surface area contributed by atoms with E-state index in [1.807, 2.05) is 13.8 Å². The number of nitrogens with two attached hydrogens (primary N) is 1. The molecule has 1 aliphatic rings. The maximum absolute atomic E-state index is 10.3. The number of nitrogens with one attached hydrogen (secondary N) is 1. The SMILES string of the molecule is CC1(C)C/C(=N\NC(N)=O)CO1. The number of nitrogens with zero attached hydrogens (tertiary/aromatic N) is 1. The lowest BCUT2D eigenvalue weighted by atomic mass is 10.1. The predicted octanol–water partition coefficient (Wildman–Crippen LogP) is 0.210. The molecular formula is C7H13N3O2. The van der Waals surface area contributed by atoms with Gasteiger partial charge in [-0.25, -0.2) is 10.2 Å². The van der Waals surface area contributed by atoms with Crippen molar-refractivity contribution in [2.24, 2.45) is 10.8 Å². The van der Waals surface area contributed by atoms with Crippen LogP contribution in [0.2, 0.25) is 0 Å². The van der Waals surface area contributed by atoms with Gasteiger partial charge in [0.05, 0.1) is 17.9 Å². The molecule has 0 unspecified atom stereocenters. The van der Waals surface area contributed by atoms with Crippen LogP contribution in [0.3, 0.4) is 0 Å². The van der Waals surface area contributed by atoms with Gasteiger partial charge in [-0.2, -0.15) is 5.10 Å². The third-order valence-corrected chi connectivity index (χ3v) is 1.58. The van der Waals surface area contributed by atoms with Crippen molar-refractivity contribution in [2.45, 2.75) is 25.9 Å². The fraction of sp³-hybridized carbons (Fsp3) is 0.714. The van der Waals surface area contributed by atoms with Crippen LogP contribution in [-0.4, -0.2) is 24.0 Å². The third-order valence-electron chi connectivity index (χ3n) is 1.58. The fourth-order valence-electron chi connectivity index (χ4n) is 1.08. The summed E-state index contributed by atoms with van der Waals surface area (Å²) in [6, 6.07) is -0.646. The van der Waals surface area contributed by atoms with Crippen LogP contribution in [0.5, 0.6) is 0 Å². The molecule has 0 atom stereocenters. The van der Waals surface area contributed by atoms with Gasteiger partial charge in [0.25, 0.3) is 0 Å². The fourth-order valence-corrected chi connectivity index (χ4v) is 1.08. The van der Waals surface area contributed by atoms with Crippen LogP contribution >= 0.6 is 0 Å². The molecule has 0 aliphatic carbocycles. The maximum Gasteiger partial charge on any atom is 0.332 e. The molecule has 1 heterocycles. The summed E-state index contributed by atoms with van der Waals surface area (Å²) < 4.78 is 5.36. The Morgan fingerprint density at radius 2 is 2.42 bits per heavy atom. The first-order chi connectivity index (χ1) is 5.49. The van der Waals surface area contributed by atoms with Crippen molar-refractivity contribution in [1.29, 1.82) is 0 Å². The van der Waals surface area contributed by atoms with Crippen LogP contribution < -0.4 is 11.2 Å². The van der Waals surface area contributed by atoms with Crippen molar-refractivity contribution in [2.75, 3.05) is 6.61 Å². The molecule has 1 aliphatic heterocycles. The van der Waals surface area contributed by atoms with Crippen LogP contribution in [0, 0.1) is 0 Å². The highest BCUT2D eigenvalue weighted by Gasteiger charge is 2.28. The van der Waals surface area contributed by atoms with E-state index in [0.717, 1.165) is 12.1 Å². The van der Waals surface area contributed by atoms with Crippen LogP contribution in [0.15, 0.2) is 5.10 Å². The van der Waals surface area contributed by atoms with Gasteiger partial charge in [-0.15, -0.1) is 0 Å². The number of hydrogen-bond acceptors (Lipinski definition) is 3. The molecule has 0 spiro atoms. The normalized spacial score (nSPS) is 24.3. The standard InChI is InChI=1S/C7H13N3O2/c1-7(2)3-5(4-12-7)9-10-6(8)11/h3-4H2,1-2H3,(H3,8,10,11)/b9-5+. The smallest absolute Gasteiger partial charge is 0.332 e. The summed E-state index contributed by atoms with van der Waals surface area (Å²) >= 11 is 0. The van der Waals surface area contributed by atoms with Gasteiger partial charge >= 0.3 is 6.03 Å². The minimum Gasteiger partial charge on any atom is -0.369 e. The van der Waals surface area contributed by atoms with Crippen molar-refractivity contribution in [1.82, 2.24) is 5.43 Å². The summed E-state index contributed by atoms with van der Waals surface area (Å²) in [6.45, 7) is 4.41. The molecule has 3 N–H and O–H groups in total. The second kappa shape index (κ2) is 3.10. The lowest BCUT2D eigenvalue weighted by Crippen LogP contribution is -2.26. The quantitative estimate of drug-likeness (QED) is 0.553. The Kier molecular flexibility index (Phi) is 2.32. The average molecular weight is 171 g/mol. The monoisotopic (exact) mass is 171 g/mol. The molecule has 0 saturated carbocycles. The zero-order valence-electron chi connectivity index (χ0n) is 7.26. The van der Waals surface area contributed by atoms with E-state index in [0.29, 0.717) is 6.61 Å². The number of rotatable bonds is 1. The molecule has 5 heteroatoms. The van der Waals surface area contributed by atoms with Gasteiger partial charge in [0.15, 0.2) is 0 Å². The lowest BCUT2D eigenvalue weighted by molar-refractivity contribution is 0.0385. The van der Waals surface area contributed by atoms with Crippen molar-refractivity contribution in [3.63, 3.8) is 0 Å². The second-order valence-electron chi connectivity index (χ2n) is 3.38. The number of hydrogen-bond donors (Lipinski definition) is 2. The number of urea groups is 1. The number of hydrazone groups is 1. The van der Waals surface area contributed by atoms with E-state index in [1.54, 1.807) is 0 Å².